The highest BCUT2D eigenvalue weighted by Gasteiger charge is 2.34. The van der Waals surface area contributed by atoms with Crippen LogP contribution in [-0.2, 0) is 10.0 Å². The van der Waals surface area contributed by atoms with E-state index in [1.807, 2.05) is 13.8 Å². The van der Waals surface area contributed by atoms with Crippen molar-refractivity contribution in [2.75, 3.05) is 31.9 Å². The van der Waals surface area contributed by atoms with Gasteiger partial charge in [-0.05, 0) is 25.6 Å². The summed E-state index contributed by atoms with van der Waals surface area (Å²) < 4.78 is 40.6. The van der Waals surface area contributed by atoms with Gasteiger partial charge in [0.05, 0.1) is 5.69 Å². The first-order valence-corrected chi connectivity index (χ1v) is 8.58. The maximum atomic E-state index is 14.1. The Bertz CT molecular complexity index is 639. The van der Waals surface area contributed by atoms with E-state index in [2.05, 4.69) is 4.90 Å². The third-order valence-electron chi connectivity index (χ3n) is 3.78. The molecule has 8 heteroatoms. The van der Waals surface area contributed by atoms with Gasteiger partial charge in [0.25, 0.3) is 0 Å². The van der Waals surface area contributed by atoms with E-state index in [4.69, 9.17) is 17.3 Å². The molecule has 0 radical (unpaired) electrons. The van der Waals surface area contributed by atoms with Gasteiger partial charge in [0, 0.05) is 30.7 Å². The Balaban J connectivity index is 2.36. The second-order valence-corrected chi connectivity index (χ2v) is 7.49. The van der Waals surface area contributed by atoms with Crippen LogP contribution < -0.4 is 5.73 Å². The summed E-state index contributed by atoms with van der Waals surface area (Å²) in [6.07, 6.45) is 0. The topological polar surface area (TPSA) is 66.6 Å². The van der Waals surface area contributed by atoms with Gasteiger partial charge in [-0.1, -0.05) is 18.5 Å². The van der Waals surface area contributed by atoms with Crippen molar-refractivity contribution in [2.45, 2.75) is 24.8 Å². The highest BCUT2D eigenvalue weighted by atomic mass is 35.5. The SMILES string of the molecule is CCN1CCN(S(=O)(=O)c2cc(Cl)cc(N)c2F)CC1C. The van der Waals surface area contributed by atoms with E-state index in [1.54, 1.807) is 0 Å². The van der Waals surface area contributed by atoms with E-state index in [0.29, 0.717) is 19.6 Å². The summed E-state index contributed by atoms with van der Waals surface area (Å²) in [5.74, 6) is -0.940. The highest BCUT2D eigenvalue weighted by Crippen LogP contribution is 2.28. The summed E-state index contributed by atoms with van der Waals surface area (Å²) in [5, 5.41) is 0.104. The molecule has 118 valence electrons. The predicted octanol–water partition coefficient (Wildman–Crippen LogP) is 1.78. The number of likely N-dealkylation sites (N-methyl/N-ethyl adjacent to an activating group) is 1. The minimum absolute atomic E-state index is 0.0816. The second kappa shape index (κ2) is 6.08. The number of hydrogen-bond acceptors (Lipinski definition) is 4. The molecule has 1 aliphatic rings. The zero-order valence-electron chi connectivity index (χ0n) is 12.0. The highest BCUT2D eigenvalue weighted by molar-refractivity contribution is 7.89. The Morgan fingerprint density at radius 1 is 1.43 bits per heavy atom. The van der Waals surface area contributed by atoms with Crippen LogP contribution in [0.4, 0.5) is 10.1 Å². The van der Waals surface area contributed by atoms with Crippen molar-refractivity contribution in [2.24, 2.45) is 0 Å². The third-order valence-corrected chi connectivity index (χ3v) is 5.87. The molecule has 21 heavy (non-hydrogen) atoms. The summed E-state index contributed by atoms with van der Waals surface area (Å²) in [4.78, 5) is 1.72. The predicted molar refractivity (Wildman–Crippen MR) is 81.3 cm³/mol. The second-order valence-electron chi connectivity index (χ2n) is 5.15. The van der Waals surface area contributed by atoms with Crippen molar-refractivity contribution in [3.05, 3.63) is 23.0 Å². The van der Waals surface area contributed by atoms with Crippen LogP contribution in [0.2, 0.25) is 5.02 Å². The molecule has 1 fully saturated rings. The van der Waals surface area contributed by atoms with Crippen LogP contribution in [0.15, 0.2) is 17.0 Å². The number of rotatable bonds is 3. The van der Waals surface area contributed by atoms with E-state index in [1.165, 1.54) is 10.4 Å². The summed E-state index contributed by atoms with van der Waals surface area (Å²) in [7, 11) is -3.94. The molecule has 0 saturated carbocycles. The number of benzene rings is 1. The largest absolute Gasteiger partial charge is 0.396 e. The lowest BCUT2D eigenvalue weighted by Gasteiger charge is -2.38. The molecule has 0 aliphatic carbocycles. The summed E-state index contributed by atoms with van der Waals surface area (Å²) >= 11 is 5.80. The average Bonchev–Trinajstić information content (AvgIpc) is 2.42. The van der Waals surface area contributed by atoms with Crippen LogP contribution in [0.3, 0.4) is 0 Å². The van der Waals surface area contributed by atoms with Crippen LogP contribution in [0.25, 0.3) is 0 Å². The van der Waals surface area contributed by atoms with Gasteiger partial charge in [-0.3, -0.25) is 4.90 Å². The molecule has 0 bridgehead atoms. The molecule has 0 amide bonds. The summed E-state index contributed by atoms with van der Waals surface area (Å²) in [6.45, 7) is 6.10. The van der Waals surface area contributed by atoms with Gasteiger partial charge in [0.2, 0.25) is 10.0 Å². The van der Waals surface area contributed by atoms with Gasteiger partial charge < -0.3 is 5.73 Å². The number of nitrogens with zero attached hydrogens (tertiary/aromatic N) is 2. The normalized spacial score (nSPS) is 21.6. The van der Waals surface area contributed by atoms with E-state index in [9.17, 15) is 12.8 Å². The van der Waals surface area contributed by atoms with Gasteiger partial charge >= 0.3 is 0 Å². The quantitative estimate of drug-likeness (QED) is 0.855. The number of nitrogens with two attached hydrogens (primary N) is 1. The van der Waals surface area contributed by atoms with Crippen LogP contribution in [0, 0.1) is 5.82 Å². The van der Waals surface area contributed by atoms with Crippen LogP contribution in [0.1, 0.15) is 13.8 Å². The first-order chi connectivity index (χ1) is 9.77. The Hall–Kier alpha value is -0.890. The van der Waals surface area contributed by atoms with E-state index in [0.717, 1.165) is 12.6 Å². The molecule has 2 N–H and O–H groups in total. The third kappa shape index (κ3) is 3.15. The maximum absolute atomic E-state index is 14.1. The van der Waals surface area contributed by atoms with Crippen molar-refractivity contribution < 1.29 is 12.8 Å². The summed E-state index contributed by atoms with van der Waals surface area (Å²) in [6, 6.07) is 2.39. The molecule has 1 saturated heterocycles. The number of nitrogen functional groups attached to an aromatic ring is 1. The van der Waals surface area contributed by atoms with Crippen LogP contribution >= 0.6 is 11.6 Å². The zero-order chi connectivity index (χ0) is 15.8. The number of halogens is 2. The monoisotopic (exact) mass is 335 g/mol. The Morgan fingerprint density at radius 2 is 2.10 bits per heavy atom. The molecule has 1 unspecified atom stereocenters. The molecule has 1 atom stereocenters. The minimum Gasteiger partial charge on any atom is -0.396 e. The lowest BCUT2D eigenvalue weighted by molar-refractivity contribution is 0.135. The zero-order valence-corrected chi connectivity index (χ0v) is 13.6. The molecule has 5 nitrogen and oxygen atoms in total. The first kappa shape index (κ1) is 16.5. The lowest BCUT2D eigenvalue weighted by atomic mass is 10.2. The number of hydrogen-bond donors (Lipinski definition) is 1. The fourth-order valence-corrected chi connectivity index (χ4v) is 4.48. The van der Waals surface area contributed by atoms with Crippen LogP contribution in [0.5, 0.6) is 0 Å². The van der Waals surface area contributed by atoms with Crippen molar-refractivity contribution in [3.8, 4) is 0 Å². The van der Waals surface area contributed by atoms with Gasteiger partial charge in [-0.2, -0.15) is 4.31 Å². The molecule has 1 aromatic carbocycles. The average molecular weight is 336 g/mol. The van der Waals surface area contributed by atoms with Gasteiger partial charge in [-0.25, -0.2) is 12.8 Å². The Morgan fingerprint density at radius 3 is 2.67 bits per heavy atom. The van der Waals surface area contributed by atoms with Crippen molar-refractivity contribution in [1.29, 1.82) is 0 Å². The fourth-order valence-electron chi connectivity index (χ4n) is 2.56. The summed E-state index contributed by atoms with van der Waals surface area (Å²) in [5.41, 5.74) is 5.21. The number of sulfonamides is 1. The number of piperazine rings is 1. The van der Waals surface area contributed by atoms with Crippen molar-refractivity contribution in [3.63, 3.8) is 0 Å². The lowest BCUT2D eigenvalue weighted by Crippen LogP contribution is -2.53. The van der Waals surface area contributed by atoms with Gasteiger partial charge in [0.15, 0.2) is 5.82 Å². The molecule has 0 spiro atoms. The van der Waals surface area contributed by atoms with Crippen molar-refractivity contribution >= 4 is 27.3 Å². The smallest absolute Gasteiger partial charge is 0.246 e. The molecular formula is C13H19ClFN3O2S. The van der Waals surface area contributed by atoms with Crippen LogP contribution in [-0.4, -0.2) is 49.8 Å². The molecular weight excluding hydrogens is 317 g/mol. The fraction of sp³-hybridized carbons (Fsp3) is 0.538. The standard InChI is InChI=1S/C13H19ClFN3O2S/c1-3-17-4-5-18(8-9(17)2)21(19,20)12-7-10(14)6-11(16)13(12)15/h6-7,9H,3-5,8,16H2,1-2H3. The molecule has 1 aliphatic heterocycles. The Labute approximate surface area is 129 Å². The minimum atomic E-state index is -3.94. The molecule has 2 rings (SSSR count). The number of anilines is 1. The maximum Gasteiger partial charge on any atom is 0.246 e. The van der Waals surface area contributed by atoms with Gasteiger partial charge in [-0.15, -0.1) is 0 Å². The van der Waals surface area contributed by atoms with Crippen molar-refractivity contribution in [1.82, 2.24) is 9.21 Å². The van der Waals surface area contributed by atoms with E-state index < -0.39 is 20.7 Å². The molecule has 1 aromatic rings. The Kier molecular flexibility index (Phi) is 4.77. The molecule has 0 aromatic heterocycles. The van der Waals surface area contributed by atoms with E-state index >= 15 is 0 Å². The van der Waals surface area contributed by atoms with E-state index in [-0.39, 0.29) is 16.8 Å². The van der Waals surface area contributed by atoms with Gasteiger partial charge in [0.1, 0.15) is 4.90 Å². The molecule has 1 heterocycles. The first-order valence-electron chi connectivity index (χ1n) is 6.76.